The third-order valence-corrected chi connectivity index (χ3v) is 4.52. The van der Waals surface area contributed by atoms with Gasteiger partial charge in [0, 0.05) is 17.9 Å². The molecule has 28 heavy (non-hydrogen) atoms. The number of hydrogen-bond donors (Lipinski definition) is 1. The summed E-state index contributed by atoms with van der Waals surface area (Å²) in [7, 11) is 0. The molecule has 0 spiro atoms. The van der Waals surface area contributed by atoms with Gasteiger partial charge in [-0.05, 0) is 42.2 Å². The molecule has 3 rings (SSSR count). The standard InChI is InChI=1S/C23H26N4O/c1-5-27(19-9-7-6-8-10-19)22(28)20-15-25-21(16-24-20)26-18-13-11-17(12-14-18)23(2,3)4/h6-16H,5H2,1-4H3,(H,25,26). The molecule has 0 bridgehead atoms. The molecule has 0 fully saturated rings. The van der Waals surface area contributed by atoms with Gasteiger partial charge in [0.1, 0.15) is 11.5 Å². The summed E-state index contributed by atoms with van der Waals surface area (Å²) in [5, 5.41) is 3.23. The van der Waals surface area contributed by atoms with Gasteiger partial charge in [-0.3, -0.25) is 4.79 Å². The lowest BCUT2D eigenvalue weighted by atomic mass is 9.87. The van der Waals surface area contributed by atoms with Crippen LogP contribution in [0.5, 0.6) is 0 Å². The molecule has 1 N–H and O–H groups in total. The smallest absolute Gasteiger partial charge is 0.278 e. The van der Waals surface area contributed by atoms with Crippen LogP contribution in [0.15, 0.2) is 67.0 Å². The third-order valence-electron chi connectivity index (χ3n) is 4.52. The number of carbonyl (C=O) groups excluding carboxylic acids is 1. The molecular weight excluding hydrogens is 348 g/mol. The Labute approximate surface area is 166 Å². The number of hydrogen-bond acceptors (Lipinski definition) is 4. The van der Waals surface area contributed by atoms with E-state index in [0.29, 0.717) is 18.1 Å². The molecular formula is C23H26N4O. The van der Waals surface area contributed by atoms with E-state index in [9.17, 15) is 4.79 Å². The summed E-state index contributed by atoms with van der Waals surface area (Å²) in [5.41, 5.74) is 3.48. The monoisotopic (exact) mass is 374 g/mol. The van der Waals surface area contributed by atoms with Gasteiger partial charge in [0.25, 0.3) is 5.91 Å². The largest absolute Gasteiger partial charge is 0.339 e. The summed E-state index contributed by atoms with van der Waals surface area (Å²) >= 11 is 0. The third kappa shape index (κ3) is 4.55. The fourth-order valence-corrected chi connectivity index (χ4v) is 2.89. The molecule has 0 aliphatic heterocycles. The summed E-state index contributed by atoms with van der Waals surface area (Å²) < 4.78 is 0. The van der Waals surface area contributed by atoms with Gasteiger partial charge in [0.05, 0.1) is 12.4 Å². The molecule has 0 aliphatic rings. The zero-order chi connectivity index (χ0) is 20.1. The minimum Gasteiger partial charge on any atom is -0.339 e. The Morgan fingerprint density at radius 1 is 0.964 bits per heavy atom. The molecule has 0 atom stereocenters. The summed E-state index contributed by atoms with van der Waals surface area (Å²) in [6, 6.07) is 17.8. The molecule has 3 aromatic rings. The van der Waals surface area contributed by atoms with Gasteiger partial charge in [0.2, 0.25) is 0 Å². The number of para-hydroxylation sites is 1. The topological polar surface area (TPSA) is 58.1 Å². The van der Waals surface area contributed by atoms with E-state index in [2.05, 4.69) is 48.2 Å². The molecule has 0 radical (unpaired) electrons. The van der Waals surface area contributed by atoms with Crippen molar-refractivity contribution in [3.63, 3.8) is 0 Å². The Morgan fingerprint density at radius 2 is 1.64 bits per heavy atom. The van der Waals surface area contributed by atoms with Gasteiger partial charge in [-0.2, -0.15) is 0 Å². The number of benzene rings is 2. The Hall–Kier alpha value is -3.21. The SMILES string of the molecule is CCN(C(=O)c1cnc(Nc2ccc(C(C)(C)C)cc2)cn1)c1ccccc1. The lowest BCUT2D eigenvalue weighted by Gasteiger charge is -2.20. The maximum absolute atomic E-state index is 12.8. The van der Waals surface area contributed by atoms with Crippen LogP contribution in [-0.2, 0) is 5.41 Å². The van der Waals surface area contributed by atoms with Crippen molar-refractivity contribution in [1.82, 2.24) is 9.97 Å². The molecule has 144 valence electrons. The maximum atomic E-state index is 12.8. The molecule has 5 heteroatoms. The Morgan fingerprint density at radius 3 is 2.18 bits per heavy atom. The quantitative estimate of drug-likeness (QED) is 0.668. The molecule has 0 aliphatic carbocycles. The Balaban J connectivity index is 1.71. The van der Waals surface area contributed by atoms with E-state index in [1.54, 1.807) is 11.1 Å². The molecule has 1 heterocycles. The van der Waals surface area contributed by atoms with E-state index in [4.69, 9.17) is 0 Å². The van der Waals surface area contributed by atoms with Crippen LogP contribution < -0.4 is 10.2 Å². The minimum atomic E-state index is -0.165. The molecule has 5 nitrogen and oxygen atoms in total. The van der Waals surface area contributed by atoms with Crippen LogP contribution in [0.4, 0.5) is 17.2 Å². The van der Waals surface area contributed by atoms with Gasteiger partial charge < -0.3 is 10.2 Å². The fraction of sp³-hybridized carbons (Fsp3) is 0.261. The molecule has 0 saturated heterocycles. The maximum Gasteiger partial charge on any atom is 0.278 e. The van der Waals surface area contributed by atoms with E-state index >= 15 is 0 Å². The molecule has 0 unspecified atom stereocenters. The van der Waals surface area contributed by atoms with Crippen LogP contribution in [0, 0.1) is 0 Å². The number of nitrogens with one attached hydrogen (secondary N) is 1. The lowest BCUT2D eigenvalue weighted by molar-refractivity contribution is 0.0983. The van der Waals surface area contributed by atoms with Gasteiger partial charge in [0.15, 0.2) is 0 Å². The highest BCUT2D eigenvalue weighted by Crippen LogP contribution is 2.24. The zero-order valence-electron chi connectivity index (χ0n) is 16.8. The second-order valence-corrected chi connectivity index (χ2v) is 7.62. The van der Waals surface area contributed by atoms with Gasteiger partial charge in [-0.25, -0.2) is 9.97 Å². The van der Waals surface area contributed by atoms with Crippen LogP contribution in [-0.4, -0.2) is 22.4 Å². The van der Waals surface area contributed by atoms with Crippen molar-refractivity contribution in [1.29, 1.82) is 0 Å². The van der Waals surface area contributed by atoms with Crippen LogP contribution in [0.1, 0.15) is 43.7 Å². The van der Waals surface area contributed by atoms with Crippen molar-refractivity contribution >= 4 is 23.1 Å². The first kappa shape index (κ1) is 19.5. The number of anilines is 3. The normalized spacial score (nSPS) is 11.1. The number of carbonyl (C=O) groups is 1. The predicted molar refractivity (Wildman–Crippen MR) is 114 cm³/mol. The van der Waals surface area contributed by atoms with Crippen molar-refractivity contribution in [2.24, 2.45) is 0 Å². The van der Waals surface area contributed by atoms with Crippen molar-refractivity contribution in [3.05, 3.63) is 78.2 Å². The zero-order valence-corrected chi connectivity index (χ0v) is 16.8. The van der Waals surface area contributed by atoms with Crippen molar-refractivity contribution in [2.45, 2.75) is 33.1 Å². The van der Waals surface area contributed by atoms with Crippen LogP contribution >= 0.6 is 0 Å². The van der Waals surface area contributed by atoms with E-state index in [0.717, 1.165) is 11.4 Å². The van der Waals surface area contributed by atoms with E-state index in [-0.39, 0.29) is 11.3 Å². The second kappa shape index (κ2) is 8.21. The Kier molecular flexibility index (Phi) is 5.73. The van der Waals surface area contributed by atoms with Crippen LogP contribution in [0.3, 0.4) is 0 Å². The first-order valence-electron chi connectivity index (χ1n) is 9.45. The van der Waals surface area contributed by atoms with Crippen molar-refractivity contribution in [3.8, 4) is 0 Å². The minimum absolute atomic E-state index is 0.115. The van der Waals surface area contributed by atoms with Crippen LogP contribution in [0.25, 0.3) is 0 Å². The number of nitrogens with zero attached hydrogens (tertiary/aromatic N) is 3. The highest BCUT2D eigenvalue weighted by molar-refractivity contribution is 6.04. The average molecular weight is 374 g/mol. The molecule has 2 aromatic carbocycles. The molecule has 1 amide bonds. The average Bonchev–Trinajstić information content (AvgIpc) is 2.69. The van der Waals surface area contributed by atoms with E-state index in [1.165, 1.54) is 11.8 Å². The summed E-state index contributed by atoms with van der Waals surface area (Å²) in [6.45, 7) is 9.06. The predicted octanol–water partition coefficient (Wildman–Crippen LogP) is 5.18. The lowest BCUT2D eigenvalue weighted by Crippen LogP contribution is -2.31. The Bertz CT molecular complexity index is 914. The van der Waals surface area contributed by atoms with Crippen LogP contribution in [0.2, 0.25) is 0 Å². The van der Waals surface area contributed by atoms with Crippen molar-refractivity contribution < 1.29 is 4.79 Å². The highest BCUT2D eigenvalue weighted by atomic mass is 16.2. The highest BCUT2D eigenvalue weighted by Gasteiger charge is 2.18. The van der Waals surface area contributed by atoms with Gasteiger partial charge in [-0.1, -0.05) is 51.1 Å². The van der Waals surface area contributed by atoms with Crippen molar-refractivity contribution in [2.75, 3.05) is 16.8 Å². The summed E-state index contributed by atoms with van der Waals surface area (Å²) in [4.78, 5) is 23.1. The van der Waals surface area contributed by atoms with E-state index < -0.39 is 0 Å². The van der Waals surface area contributed by atoms with Gasteiger partial charge in [-0.15, -0.1) is 0 Å². The second-order valence-electron chi connectivity index (χ2n) is 7.62. The first-order chi connectivity index (χ1) is 13.4. The number of amides is 1. The van der Waals surface area contributed by atoms with Gasteiger partial charge >= 0.3 is 0 Å². The van der Waals surface area contributed by atoms with E-state index in [1.807, 2.05) is 49.4 Å². The summed E-state index contributed by atoms with van der Waals surface area (Å²) in [5.74, 6) is 0.435. The fourth-order valence-electron chi connectivity index (χ4n) is 2.89. The number of aromatic nitrogens is 2. The number of rotatable bonds is 5. The first-order valence-corrected chi connectivity index (χ1v) is 9.45. The molecule has 1 aromatic heterocycles. The summed E-state index contributed by atoms with van der Waals surface area (Å²) in [6.07, 6.45) is 3.10. The molecule has 0 saturated carbocycles.